The predicted octanol–water partition coefficient (Wildman–Crippen LogP) is 5.79. The SMILES string of the molecule is CC[C@@H](C(=O)NC1CCCCC1)N(Cc1ccc(Cl)cc1)C(=O)Cc1ccccc1Cl. The highest BCUT2D eigenvalue weighted by atomic mass is 35.5. The van der Waals surface area contributed by atoms with E-state index in [2.05, 4.69) is 5.32 Å². The number of benzene rings is 2. The standard InChI is InChI=1S/C25H30Cl2N2O2/c1-2-23(25(31)28-21-9-4-3-5-10-21)29(17-18-12-14-20(26)15-13-18)24(30)16-19-8-6-7-11-22(19)27/h6-8,11-15,21,23H,2-5,9-10,16-17H2,1H3,(H,28,31)/t23-/m0/s1. The van der Waals surface area contributed by atoms with E-state index in [1.165, 1.54) is 6.42 Å². The minimum absolute atomic E-state index is 0.0733. The van der Waals surface area contributed by atoms with Crippen LogP contribution in [0, 0.1) is 0 Å². The smallest absolute Gasteiger partial charge is 0.243 e. The molecule has 2 aromatic rings. The van der Waals surface area contributed by atoms with Crippen molar-refractivity contribution in [3.05, 3.63) is 69.7 Å². The molecule has 31 heavy (non-hydrogen) atoms. The number of amides is 2. The lowest BCUT2D eigenvalue weighted by Gasteiger charge is -2.33. The topological polar surface area (TPSA) is 49.4 Å². The van der Waals surface area contributed by atoms with Gasteiger partial charge >= 0.3 is 0 Å². The molecular formula is C25H30Cl2N2O2. The maximum absolute atomic E-state index is 13.4. The van der Waals surface area contributed by atoms with Gasteiger partial charge in [0, 0.05) is 22.6 Å². The molecule has 2 aromatic carbocycles. The second kappa shape index (κ2) is 11.5. The lowest BCUT2D eigenvalue weighted by molar-refractivity contribution is -0.141. The highest BCUT2D eigenvalue weighted by Gasteiger charge is 2.30. The number of carbonyl (C=O) groups is 2. The molecule has 4 nitrogen and oxygen atoms in total. The van der Waals surface area contributed by atoms with E-state index in [4.69, 9.17) is 23.2 Å². The summed E-state index contributed by atoms with van der Waals surface area (Å²) < 4.78 is 0. The van der Waals surface area contributed by atoms with Gasteiger partial charge in [-0.3, -0.25) is 9.59 Å². The van der Waals surface area contributed by atoms with Gasteiger partial charge in [0.2, 0.25) is 11.8 Å². The molecule has 6 heteroatoms. The van der Waals surface area contributed by atoms with Crippen LogP contribution in [-0.4, -0.2) is 28.8 Å². The van der Waals surface area contributed by atoms with Crippen molar-refractivity contribution < 1.29 is 9.59 Å². The zero-order valence-corrected chi connectivity index (χ0v) is 19.5. The van der Waals surface area contributed by atoms with Gasteiger partial charge in [-0.2, -0.15) is 0 Å². The summed E-state index contributed by atoms with van der Waals surface area (Å²) >= 11 is 12.3. The van der Waals surface area contributed by atoms with Crippen molar-refractivity contribution in [3.8, 4) is 0 Å². The number of hydrogen-bond donors (Lipinski definition) is 1. The van der Waals surface area contributed by atoms with Gasteiger partial charge in [0.05, 0.1) is 6.42 Å². The summed E-state index contributed by atoms with van der Waals surface area (Å²) in [6.07, 6.45) is 6.21. The molecule has 1 N–H and O–H groups in total. The predicted molar refractivity (Wildman–Crippen MR) is 126 cm³/mol. The van der Waals surface area contributed by atoms with Crippen LogP contribution in [0.25, 0.3) is 0 Å². The lowest BCUT2D eigenvalue weighted by atomic mass is 9.95. The minimum atomic E-state index is -0.535. The van der Waals surface area contributed by atoms with Crippen LogP contribution >= 0.6 is 23.2 Å². The van der Waals surface area contributed by atoms with E-state index in [0.717, 1.165) is 36.8 Å². The second-order valence-corrected chi connectivity index (χ2v) is 9.03. The van der Waals surface area contributed by atoms with Gasteiger partial charge in [0.15, 0.2) is 0 Å². The van der Waals surface area contributed by atoms with Gasteiger partial charge in [-0.25, -0.2) is 0 Å². The van der Waals surface area contributed by atoms with Gasteiger partial charge in [0.25, 0.3) is 0 Å². The molecule has 0 aliphatic heterocycles. The van der Waals surface area contributed by atoms with Gasteiger partial charge in [-0.1, -0.05) is 79.7 Å². The van der Waals surface area contributed by atoms with E-state index >= 15 is 0 Å². The Morgan fingerprint density at radius 3 is 2.35 bits per heavy atom. The maximum atomic E-state index is 13.4. The number of rotatable bonds is 8. The van der Waals surface area contributed by atoms with E-state index in [0.29, 0.717) is 23.0 Å². The van der Waals surface area contributed by atoms with Crippen molar-refractivity contribution in [3.63, 3.8) is 0 Å². The first-order valence-corrected chi connectivity index (χ1v) is 11.8. The van der Waals surface area contributed by atoms with Crippen LogP contribution in [0.5, 0.6) is 0 Å². The zero-order valence-electron chi connectivity index (χ0n) is 17.9. The summed E-state index contributed by atoms with van der Waals surface area (Å²) in [6.45, 7) is 2.29. The van der Waals surface area contributed by atoms with Crippen molar-refractivity contribution in [1.82, 2.24) is 10.2 Å². The molecule has 0 bridgehead atoms. The molecule has 0 aromatic heterocycles. The van der Waals surface area contributed by atoms with Gasteiger partial charge in [0.1, 0.15) is 6.04 Å². The summed E-state index contributed by atoms with van der Waals surface area (Å²) in [5.74, 6) is -0.190. The van der Waals surface area contributed by atoms with E-state index in [1.807, 2.05) is 37.3 Å². The van der Waals surface area contributed by atoms with Crippen LogP contribution in [0.1, 0.15) is 56.6 Å². The molecule has 1 aliphatic carbocycles. The molecule has 2 amide bonds. The van der Waals surface area contributed by atoms with E-state index in [1.54, 1.807) is 23.1 Å². The van der Waals surface area contributed by atoms with Crippen molar-refractivity contribution in [2.75, 3.05) is 0 Å². The molecular weight excluding hydrogens is 431 g/mol. The highest BCUT2D eigenvalue weighted by molar-refractivity contribution is 6.31. The molecule has 1 fully saturated rings. The summed E-state index contributed by atoms with van der Waals surface area (Å²) in [5, 5.41) is 4.39. The van der Waals surface area contributed by atoms with Crippen LogP contribution in [0.2, 0.25) is 10.0 Å². The van der Waals surface area contributed by atoms with Crippen molar-refractivity contribution >= 4 is 35.0 Å². The Morgan fingerprint density at radius 2 is 1.71 bits per heavy atom. The fourth-order valence-corrected chi connectivity index (χ4v) is 4.49. The van der Waals surface area contributed by atoms with Crippen LogP contribution < -0.4 is 5.32 Å². The average Bonchev–Trinajstić information content (AvgIpc) is 2.77. The Labute approximate surface area is 194 Å². The first-order chi connectivity index (χ1) is 15.0. The van der Waals surface area contributed by atoms with Crippen molar-refractivity contribution in [1.29, 1.82) is 0 Å². The number of hydrogen-bond acceptors (Lipinski definition) is 2. The molecule has 1 atom stereocenters. The normalized spacial score (nSPS) is 15.3. The maximum Gasteiger partial charge on any atom is 0.243 e. The number of nitrogens with zero attached hydrogens (tertiary/aromatic N) is 1. The Kier molecular flexibility index (Phi) is 8.79. The van der Waals surface area contributed by atoms with Crippen molar-refractivity contribution in [2.45, 2.75) is 70.5 Å². The fraction of sp³-hybridized carbons (Fsp3) is 0.440. The Bertz CT molecular complexity index is 879. The lowest BCUT2D eigenvalue weighted by Crippen LogP contribution is -2.52. The highest BCUT2D eigenvalue weighted by Crippen LogP contribution is 2.21. The summed E-state index contributed by atoms with van der Waals surface area (Å²) in [4.78, 5) is 28.3. The third kappa shape index (κ3) is 6.72. The average molecular weight is 461 g/mol. The molecule has 166 valence electrons. The molecule has 0 spiro atoms. The van der Waals surface area contributed by atoms with E-state index < -0.39 is 6.04 Å². The molecule has 0 saturated heterocycles. The summed E-state index contributed by atoms with van der Waals surface area (Å²) in [6, 6.07) is 14.4. The van der Waals surface area contributed by atoms with Crippen molar-refractivity contribution in [2.24, 2.45) is 0 Å². The Hall–Kier alpha value is -2.04. The molecule has 1 saturated carbocycles. The monoisotopic (exact) mass is 460 g/mol. The third-order valence-electron chi connectivity index (χ3n) is 5.90. The van der Waals surface area contributed by atoms with Crippen LogP contribution in [0.15, 0.2) is 48.5 Å². The molecule has 3 rings (SSSR count). The molecule has 0 radical (unpaired) electrons. The van der Waals surface area contributed by atoms with E-state index in [9.17, 15) is 9.59 Å². The second-order valence-electron chi connectivity index (χ2n) is 8.18. The first-order valence-electron chi connectivity index (χ1n) is 11.1. The number of nitrogens with one attached hydrogen (secondary N) is 1. The van der Waals surface area contributed by atoms with Gasteiger partial charge in [-0.05, 0) is 48.6 Å². The molecule has 1 aliphatic rings. The zero-order chi connectivity index (χ0) is 22.2. The number of halogens is 2. The Balaban J connectivity index is 1.81. The van der Waals surface area contributed by atoms with Gasteiger partial charge in [-0.15, -0.1) is 0 Å². The summed E-state index contributed by atoms with van der Waals surface area (Å²) in [5.41, 5.74) is 1.69. The van der Waals surface area contributed by atoms with E-state index in [-0.39, 0.29) is 24.3 Å². The van der Waals surface area contributed by atoms with Crippen LogP contribution in [0.3, 0.4) is 0 Å². The largest absolute Gasteiger partial charge is 0.352 e. The Morgan fingerprint density at radius 1 is 1.03 bits per heavy atom. The summed E-state index contributed by atoms with van der Waals surface area (Å²) in [7, 11) is 0. The molecule has 0 unspecified atom stereocenters. The minimum Gasteiger partial charge on any atom is -0.352 e. The quantitative estimate of drug-likeness (QED) is 0.541. The first kappa shape index (κ1) is 23.6. The third-order valence-corrected chi connectivity index (χ3v) is 6.52. The number of carbonyl (C=O) groups excluding carboxylic acids is 2. The van der Waals surface area contributed by atoms with Crippen LogP contribution in [0.4, 0.5) is 0 Å². The fourth-order valence-electron chi connectivity index (χ4n) is 4.16. The molecule has 0 heterocycles. The van der Waals surface area contributed by atoms with Crippen LogP contribution in [-0.2, 0) is 22.6 Å². The van der Waals surface area contributed by atoms with Gasteiger partial charge < -0.3 is 10.2 Å².